The largest absolute Gasteiger partial charge is 0.383 e. The summed E-state index contributed by atoms with van der Waals surface area (Å²) in [6, 6.07) is 10.7. The first-order valence-electron chi connectivity index (χ1n) is 7.75. The molecule has 0 unspecified atom stereocenters. The van der Waals surface area contributed by atoms with Crippen LogP contribution in [0.4, 0.5) is 0 Å². The van der Waals surface area contributed by atoms with Gasteiger partial charge in [0, 0.05) is 25.4 Å². The fraction of sp³-hybridized carbons (Fsp3) is 0.333. The first-order valence-corrected chi connectivity index (χ1v) is 7.75. The third-order valence-corrected chi connectivity index (χ3v) is 4.29. The summed E-state index contributed by atoms with van der Waals surface area (Å²) < 4.78 is 7.26. The van der Waals surface area contributed by atoms with Gasteiger partial charge in [0.15, 0.2) is 0 Å². The van der Waals surface area contributed by atoms with Crippen molar-refractivity contribution < 1.29 is 4.74 Å². The minimum absolute atomic E-state index is 0.693. The lowest BCUT2D eigenvalue weighted by Crippen LogP contribution is -2.02. The maximum atomic E-state index is 5.14. The summed E-state index contributed by atoms with van der Waals surface area (Å²) in [5.41, 5.74) is 5.73. The second-order valence-electron chi connectivity index (χ2n) is 5.88. The van der Waals surface area contributed by atoms with E-state index in [1.54, 1.807) is 7.11 Å². The highest BCUT2D eigenvalue weighted by Gasteiger charge is 2.23. The zero-order chi connectivity index (χ0) is 14.9. The van der Waals surface area contributed by atoms with Crippen molar-refractivity contribution in [1.82, 2.24) is 14.5 Å². The fourth-order valence-electron chi connectivity index (χ4n) is 2.87. The summed E-state index contributed by atoms with van der Waals surface area (Å²) in [6.45, 7) is 1.51. The number of rotatable bonds is 5. The summed E-state index contributed by atoms with van der Waals surface area (Å²) >= 11 is 0. The van der Waals surface area contributed by atoms with E-state index in [4.69, 9.17) is 4.74 Å². The van der Waals surface area contributed by atoms with Crippen LogP contribution in [0.2, 0.25) is 0 Å². The highest BCUT2D eigenvalue weighted by atomic mass is 16.5. The van der Waals surface area contributed by atoms with Gasteiger partial charge in [-0.2, -0.15) is 0 Å². The third kappa shape index (κ3) is 2.50. The monoisotopic (exact) mass is 293 g/mol. The van der Waals surface area contributed by atoms with Crippen LogP contribution < -0.4 is 0 Å². The van der Waals surface area contributed by atoms with Gasteiger partial charge in [-0.05, 0) is 48.6 Å². The van der Waals surface area contributed by atoms with Crippen molar-refractivity contribution in [2.45, 2.75) is 25.3 Å². The summed E-state index contributed by atoms with van der Waals surface area (Å²) in [7, 11) is 1.72. The van der Waals surface area contributed by atoms with E-state index < -0.39 is 0 Å². The van der Waals surface area contributed by atoms with Crippen LogP contribution in [0, 0.1) is 0 Å². The Morgan fingerprint density at radius 1 is 1.18 bits per heavy atom. The molecule has 0 aliphatic heterocycles. The van der Waals surface area contributed by atoms with Crippen molar-refractivity contribution in [3.05, 3.63) is 48.4 Å². The molecule has 1 fully saturated rings. The van der Waals surface area contributed by atoms with Gasteiger partial charge < -0.3 is 9.30 Å². The topological polar surface area (TPSA) is 39.9 Å². The van der Waals surface area contributed by atoms with Gasteiger partial charge in [-0.15, -0.1) is 0 Å². The van der Waals surface area contributed by atoms with Gasteiger partial charge in [0.05, 0.1) is 29.7 Å². The summed E-state index contributed by atoms with van der Waals surface area (Å²) in [5.74, 6) is 0.749. The van der Waals surface area contributed by atoms with Gasteiger partial charge in [-0.25, -0.2) is 4.98 Å². The van der Waals surface area contributed by atoms with Gasteiger partial charge in [-0.3, -0.25) is 4.98 Å². The molecule has 22 heavy (non-hydrogen) atoms. The average Bonchev–Trinajstić information content (AvgIpc) is 3.34. The number of ether oxygens (including phenoxy) is 1. The van der Waals surface area contributed by atoms with Crippen molar-refractivity contribution in [1.29, 1.82) is 0 Å². The zero-order valence-corrected chi connectivity index (χ0v) is 12.7. The van der Waals surface area contributed by atoms with Crippen molar-refractivity contribution in [2.75, 3.05) is 13.7 Å². The van der Waals surface area contributed by atoms with Crippen molar-refractivity contribution in [2.24, 2.45) is 0 Å². The Balaban J connectivity index is 1.69. The Kier molecular flexibility index (Phi) is 3.39. The third-order valence-electron chi connectivity index (χ3n) is 4.29. The summed E-state index contributed by atoms with van der Waals surface area (Å²) in [6.07, 6.45) is 6.42. The number of imidazole rings is 1. The Labute approximate surface area is 129 Å². The average molecular weight is 293 g/mol. The molecule has 1 aliphatic rings. The van der Waals surface area contributed by atoms with E-state index in [2.05, 4.69) is 44.9 Å². The predicted octanol–water partition coefficient (Wildman–Crippen LogP) is 3.62. The SMILES string of the molecule is COCCn1cnc2cc(-c3cc(C4CC4)ccn3)ccc21. The molecule has 3 aromatic rings. The number of fused-ring (bicyclic) bond motifs is 1. The van der Waals surface area contributed by atoms with Crippen LogP contribution in [0.3, 0.4) is 0 Å². The number of methoxy groups -OCH3 is 1. The molecule has 4 heteroatoms. The van der Waals surface area contributed by atoms with Crippen LogP contribution in [-0.2, 0) is 11.3 Å². The molecule has 0 amide bonds. The first kappa shape index (κ1) is 13.5. The molecule has 1 aromatic carbocycles. The number of hydrogen-bond donors (Lipinski definition) is 0. The number of nitrogens with zero attached hydrogens (tertiary/aromatic N) is 3. The highest BCUT2D eigenvalue weighted by Crippen LogP contribution is 2.40. The van der Waals surface area contributed by atoms with Crippen molar-refractivity contribution >= 4 is 11.0 Å². The lowest BCUT2D eigenvalue weighted by atomic mass is 10.1. The summed E-state index contributed by atoms with van der Waals surface area (Å²) in [5, 5.41) is 0. The Hall–Kier alpha value is -2.20. The van der Waals surface area contributed by atoms with E-state index in [0.29, 0.717) is 6.61 Å². The highest BCUT2D eigenvalue weighted by molar-refractivity contribution is 5.81. The number of pyridine rings is 1. The molecule has 0 radical (unpaired) electrons. The van der Waals surface area contributed by atoms with Crippen LogP contribution >= 0.6 is 0 Å². The second kappa shape index (κ2) is 5.54. The molecule has 0 bridgehead atoms. The minimum Gasteiger partial charge on any atom is -0.383 e. The fourth-order valence-corrected chi connectivity index (χ4v) is 2.87. The Bertz CT molecular complexity index is 805. The molecular weight excluding hydrogens is 274 g/mol. The predicted molar refractivity (Wildman–Crippen MR) is 86.8 cm³/mol. The van der Waals surface area contributed by atoms with Crippen molar-refractivity contribution in [3.63, 3.8) is 0 Å². The van der Waals surface area contributed by atoms with E-state index in [0.717, 1.165) is 34.8 Å². The molecule has 112 valence electrons. The number of aromatic nitrogens is 3. The van der Waals surface area contributed by atoms with E-state index >= 15 is 0 Å². The smallest absolute Gasteiger partial charge is 0.0959 e. The second-order valence-corrected chi connectivity index (χ2v) is 5.88. The van der Waals surface area contributed by atoms with Crippen molar-refractivity contribution in [3.8, 4) is 11.3 Å². The molecule has 0 saturated heterocycles. The van der Waals surface area contributed by atoms with Crippen LogP contribution in [-0.4, -0.2) is 28.3 Å². The van der Waals surface area contributed by atoms with Crippen LogP contribution in [0.15, 0.2) is 42.9 Å². The summed E-state index contributed by atoms with van der Waals surface area (Å²) in [4.78, 5) is 9.04. The van der Waals surface area contributed by atoms with E-state index in [-0.39, 0.29) is 0 Å². The van der Waals surface area contributed by atoms with Gasteiger partial charge in [0.1, 0.15) is 0 Å². The Morgan fingerprint density at radius 2 is 2.09 bits per heavy atom. The van der Waals surface area contributed by atoms with Gasteiger partial charge in [0.2, 0.25) is 0 Å². The standard InChI is InChI=1S/C18H19N3O/c1-22-9-8-21-12-20-17-11-15(4-5-18(17)21)16-10-14(6-7-19-16)13-2-3-13/h4-7,10-13H,2-3,8-9H2,1H3. The maximum Gasteiger partial charge on any atom is 0.0959 e. The van der Waals surface area contributed by atoms with Gasteiger partial charge in [-0.1, -0.05) is 6.07 Å². The van der Waals surface area contributed by atoms with Crippen LogP contribution in [0.1, 0.15) is 24.3 Å². The van der Waals surface area contributed by atoms with E-state index in [1.807, 2.05) is 12.5 Å². The Morgan fingerprint density at radius 3 is 2.91 bits per heavy atom. The molecule has 0 atom stereocenters. The molecule has 1 aliphatic carbocycles. The van der Waals surface area contributed by atoms with E-state index in [1.165, 1.54) is 18.4 Å². The quantitative estimate of drug-likeness (QED) is 0.721. The normalized spacial score (nSPS) is 14.6. The minimum atomic E-state index is 0.693. The molecule has 0 N–H and O–H groups in total. The molecule has 2 heterocycles. The maximum absolute atomic E-state index is 5.14. The number of benzene rings is 1. The molecule has 4 rings (SSSR count). The van der Waals surface area contributed by atoms with Crippen LogP contribution in [0.5, 0.6) is 0 Å². The first-order chi connectivity index (χ1) is 10.8. The molecule has 2 aromatic heterocycles. The lowest BCUT2D eigenvalue weighted by molar-refractivity contribution is 0.188. The van der Waals surface area contributed by atoms with Gasteiger partial charge in [0.25, 0.3) is 0 Å². The van der Waals surface area contributed by atoms with Gasteiger partial charge >= 0.3 is 0 Å². The van der Waals surface area contributed by atoms with Crippen LogP contribution in [0.25, 0.3) is 22.3 Å². The molecule has 0 spiro atoms. The molecule has 4 nitrogen and oxygen atoms in total. The molecular formula is C18H19N3O. The lowest BCUT2D eigenvalue weighted by Gasteiger charge is -2.06. The number of hydrogen-bond acceptors (Lipinski definition) is 3. The zero-order valence-electron chi connectivity index (χ0n) is 12.7. The van der Waals surface area contributed by atoms with E-state index in [9.17, 15) is 0 Å². The molecule has 1 saturated carbocycles.